The summed E-state index contributed by atoms with van der Waals surface area (Å²) >= 11 is 0. The van der Waals surface area contributed by atoms with Gasteiger partial charge >= 0.3 is 19.8 Å². The van der Waals surface area contributed by atoms with E-state index in [9.17, 15) is 19.1 Å². The molecule has 2 heterocycles. The molecule has 14 nitrogen and oxygen atoms in total. The molecule has 0 spiro atoms. The second-order valence-electron chi connectivity index (χ2n) is 20.8. The maximum absolute atomic E-state index is 16.0. The first kappa shape index (κ1) is 50.0. The van der Waals surface area contributed by atoms with Crippen molar-refractivity contribution in [2.24, 2.45) is 51.8 Å². The van der Waals surface area contributed by atoms with Gasteiger partial charge in [-0.3, -0.25) is 23.2 Å². The predicted molar refractivity (Wildman–Crippen MR) is 242 cm³/mol. The third-order valence-corrected chi connectivity index (χ3v) is 18.5. The molecule has 0 saturated heterocycles. The quantitative estimate of drug-likeness (QED) is 0.0575. The highest BCUT2D eigenvalue weighted by Crippen LogP contribution is 2.72. The highest BCUT2D eigenvalue weighted by atomic mass is 31.2. The molecule has 0 amide bonds. The van der Waals surface area contributed by atoms with Crippen molar-refractivity contribution in [3.63, 3.8) is 0 Å². The number of hydrogen-bond donors (Lipinski definition) is 1. The zero-order valence-electron chi connectivity index (χ0n) is 39.9. The van der Waals surface area contributed by atoms with E-state index < -0.39 is 43.1 Å². The number of halogens is 2. The molecule has 17 heteroatoms. The van der Waals surface area contributed by atoms with Gasteiger partial charge in [-0.2, -0.15) is 10.2 Å². The van der Waals surface area contributed by atoms with Crippen LogP contribution in [-0.4, -0.2) is 65.9 Å². The molecule has 10 atom stereocenters. The van der Waals surface area contributed by atoms with E-state index in [1.807, 2.05) is 0 Å². The van der Waals surface area contributed by atoms with Gasteiger partial charge in [0.1, 0.15) is 48.6 Å². The summed E-state index contributed by atoms with van der Waals surface area (Å²) in [6.45, 7) is 15.6. The predicted octanol–water partition coefficient (Wildman–Crippen LogP) is 10.7. The molecule has 0 bridgehead atoms. The molecule has 4 aliphatic rings. The van der Waals surface area contributed by atoms with E-state index in [0.29, 0.717) is 48.9 Å². The lowest BCUT2D eigenvalue weighted by molar-refractivity contribution is -0.156. The van der Waals surface area contributed by atoms with Gasteiger partial charge in [0, 0.05) is 18.1 Å². The molecule has 0 radical (unpaired) electrons. The number of aromatic nitrogens is 6. The molecule has 3 saturated carbocycles. The summed E-state index contributed by atoms with van der Waals surface area (Å²) in [5.74, 6) is -0.739. The van der Waals surface area contributed by atoms with Gasteiger partial charge in [0.2, 0.25) is 0 Å². The number of esters is 1. The van der Waals surface area contributed by atoms with Gasteiger partial charge in [0.05, 0.1) is 39.1 Å². The van der Waals surface area contributed by atoms with Crippen molar-refractivity contribution in [1.82, 2.24) is 29.5 Å². The number of carboxylic acid groups (broad SMARTS) is 1. The topological polar surface area (TPSA) is 170 Å². The highest BCUT2D eigenvalue weighted by Gasteiger charge is 2.64. The SMILES string of the molecule is CCOP(=O)(OCCC1CC(OC(=O)CCC(=O)O)CC2=CCC3C(CCC4(C)C3CCC4(C)C(C)CCCC(C)C)C21C)OC(Cn1cncn1)(Cn1cncn1)c1ccc(F)cc1F. The third kappa shape index (κ3) is 10.3. The first-order valence-electron chi connectivity index (χ1n) is 24.2. The molecule has 7 rings (SSSR count). The summed E-state index contributed by atoms with van der Waals surface area (Å²) in [4.78, 5) is 32.5. The van der Waals surface area contributed by atoms with E-state index in [-0.39, 0.29) is 66.9 Å². The fourth-order valence-electron chi connectivity index (χ4n) is 13.2. The van der Waals surface area contributed by atoms with Crippen molar-refractivity contribution in [1.29, 1.82) is 0 Å². The van der Waals surface area contributed by atoms with Gasteiger partial charge in [-0.05, 0) is 110 Å². The summed E-state index contributed by atoms with van der Waals surface area (Å²) in [7, 11) is -4.59. The second-order valence-corrected chi connectivity index (χ2v) is 22.4. The molecular formula is C49H71F2N6O8P. The molecule has 2 aromatic heterocycles. The van der Waals surface area contributed by atoms with Crippen LogP contribution in [0.2, 0.25) is 0 Å². The Bertz CT molecular complexity index is 2170. The van der Waals surface area contributed by atoms with Gasteiger partial charge in [0.25, 0.3) is 0 Å². The van der Waals surface area contributed by atoms with E-state index in [1.54, 1.807) is 6.92 Å². The average Bonchev–Trinajstić information content (AvgIpc) is 4.02. The van der Waals surface area contributed by atoms with E-state index in [1.165, 1.54) is 78.4 Å². The van der Waals surface area contributed by atoms with Crippen molar-refractivity contribution in [3.05, 3.63) is 72.4 Å². The van der Waals surface area contributed by atoms with Crippen LogP contribution in [-0.2, 0) is 51.2 Å². The second kappa shape index (κ2) is 20.4. The summed E-state index contributed by atoms with van der Waals surface area (Å²) < 4.78 is 73.1. The lowest BCUT2D eigenvalue weighted by Crippen LogP contribution is -2.55. The van der Waals surface area contributed by atoms with Crippen molar-refractivity contribution in [2.75, 3.05) is 13.2 Å². The molecule has 364 valence electrons. The number of ether oxygens (including phenoxy) is 1. The lowest BCUT2D eigenvalue weighted by Gasteiger charge is -2.62. The van der Waals surface area contributed by atoms with Crippen LogP contribution in [0.4, 0.5) is 8.78 Å². The summed E-state index contributed by atoms with van der Waals surface area (Å²) in [6.07, 6.45) is 17.6. The Labute approximate surface area is 388 Å². The number of phosphoric ester groups is 1. The third-order valence-electron chi connectivity index (χ3n) is 16.9. The number of nitrogens with zero attached hydrogens (tertiary/aromatic N) is 6. The maximum atomic E-state index is 16.0. The molecule has 3 aromatic rings. The Morgan fingerprint density at radius 3 is 2.29 bits per heavy atom. The normalized spacial score (nSPS) is 29.9. The summed E-state index contributed by atoms with van der Waals surface area (Å²) in [5.41, 5.74) is -0.618. The van der Waals surface area contributed by atoms with Gasteiger partial charge in [0.15, 0.2) is 0 Å². The van der Waals surface area contributed by atoms with Crippen LogP contribution < -0.4 is 0 Å². The van der Waals surface area contributed by atoms with Crippen LogP contribution in [0.1, 0.15) is 138 Å². The molecular weight excluding hydrogens is 870 g/mol. The van der Waals surface area contributed by atoms with Crippen LogP contribution in [0.3, 0.4) is 0 Å². The van der Waals surface area contributed by atoms with E-state index >= 15 is 8.96 Å². The number of carbonyl (C=O) groups is 2. The molecule has 0 aliphatic heterocycles. The number of aliphatic carboxylic acids is 1. The fourth-order valence-corrected chi connectivity index (χ4v) is 14.7. The van der Waals surface area contributed by atoms with Crippen LogP contribution in [0, 0.1) is 63.4 Å². The molecule has 3 fully saturated rings. The van der Waals surface area contributed by atoms with E-state index in [2.05, 4.69) is 67.8 Å². The number of carbonyl (C=O) groups excluding carboxylic acids is 1. The Balaban J connectivity index is 1.18. The average molecular weight is 941 g/mol. The number of hydrogen-bond acceptors (Lipinski definition) is 11. The summed E-state index contributed by atoms with van der Waals surface area (Å²) in [6, 6.07) is 3.06. The highest BCUT2D eigenvalue weighted by molar-refractivity contribution is 7.48. The van der Waals surface area contributed by atoms with Gasteiger partial charge in [-0.15, -0.1) is 0 Å². The Morgan fingerprint density at radius 2 is 1.67 bits per heavy atom. The first-order valence-corrected chi connectivity index (χ1v) is 25.6. The molecule has 1 aromatic carbocycles. The Hall–Kier alpha value is -3.85. The Kier molecular flexibility index (Phi) is 15.5. The van der Waals surface area contributed by atoms with Crippen molar-refractivity contribution in [3.8, 4) is 0 Å². The minimum Gasteiger partial charge on any atom is -0.481 e. The summed E-state index contributed by atoms with van der Waals surface area (Å²) in [5, 5.41) is 17.7. The zero-order valence-corrected chi connectivity index (χ0v) is 40.8. The van der Waals surface area contributed by atoms with Crippen LogP contribution in [0.25, 0.3) is 0 Å². The van der Waals surface area contributed by atoms with Crippen molar-refractivity contribution in [2.45, 2.75) is 157 Å². The molecule has 4 aliphatic carbocycles. The molecule has 10 unspecified atom stereocenters. The van der Waals surface area contributed by atoms with Gasteiger partial charge in [-0.1, -0.05) is 78.5 Å². The minimum absolute atomic E-state index is 0.0759. The lowest BCUT2D eigenvalue weighted by atomic mass is 9.43. The number of phosphoric acid groups is 1. The monoisotopic (exact) mass is 941 g/mol. The molecule has 66 heavy (non-hydrogen) atoms. The fraction of sp³-hybridized carbons (Fsp3) is 0.714. The first-order chi connectivity index (χ1) is 31.3. The number of fused-ring (bicyclic) bond motifs is 5. The number of allylic oxidation sites excluding steroid dienone is 1. The number of rotatable bonds is 22. The number of carboxylic acids is 1. The zero-order chi connectivity index (χ0) is 47.5. The largest absolute Gasteiger partial charge is 0.481 e. The van der Waals surface area contributed by atoms with E-state index in [4.69, 9.17) is 18.3 Å². The van der Waals surface area contributed by atoms with Crippen molar-refractivity contribution < 1.29 is 46.3 Å². The molecule has 1 N–H and O–H groups in total. The van der Waals surface area contributed by atoms with E-state index in [0.717, 1.165) is 31.4 Å². The van der Waals surface area contributed by atoms with Gasteiger partial charge in [-0.25, -0.2) is 32.7 Å². The number of benzene rings is 1. The van der Waals surface area contributed by atoms with Crippen LogP contribution in [0.5, 0.6) is 0 Å². The van der Waals surface area contributed by atoms with Crippen LogP contribution in [0.15, 0.2) is 55.2 Å². The minimum atomic E-state index is -4.59. The standard InChI is InChI=1S/C49H71F2N6O8P/c1-8-62-66(61,65-49(27-56-31-52-29-54-56,28-57-32-53-30-55-57)42-15-13-37(50)26-43(42)51)63-23-20-36-25-38(64-45(60)17-16-44(58)59)24-35-12-14-39-40-18-21-46(5,34(4)11-9-10-33(2)3)47(40,6)22-19-41(39)48(35,36)7/h12-13,15,26,29-34,36,38-41H,8-11,14,16-25,27-28H2,1-7H3,(H,58,59). The smallest absolute Gasteiger partial charge is 0.475 e. The maximum Gasteiger partial charge on any atom is 0.475 e. The van der Waals surface area contributed by atoms with Crippen LogP contribution >= 0.6 is 7.82 Å². The Morgan fingerprint density at radius 1 is 0.970 bits per heavy atom. The van der Waals surface area contributed by atoms with Gasteiger partial charge < -0.3 is 9.84 Å². The van der Waals surface area contributed by atoms with Crippen molar-refractivity contribution >= 4 is 19.8 Å².